The van der Waals surface area contributed by atoms with Gasteiger partial charge in [-0.3, -0.25) is 5.43 Å². The van der Waals surface area contributed by atoms with Crippen LogP contribution in [0.2, 0.25) is 0 Å². The Morgan fingerprint density at radius 2 is 2.18 bits per heavy atom. The fraction of sp³-hybridized carbons (Fsp3) is 0.273. The molecule has 0 saturated heterocycles. The number of amides is 2. The molecule has 0 spiro atoms. The lowest BCUT2D eigenvalue weighted by molar-refractivity contribution is 0.242. The Bertz CT molecular complexity index is 516. The summed E-state index contributed by atoms with van der Waals surface area (Å²) in [6.45, 7) is 0. The molecular weight excluding hydrogens is 236 g/mol. The second-order valence-electron chi connectivity index (χ2n) is 3.98. The van der Waals surface area contributed by atoms with Gasteiger partial charge in [0.2, 0.25) is 5.13 Å². The molecule has 3 rings (SSSR count). The summed E-state index contributed by atoms with van der Waals surface area (Å²) in [6, 6.07) is 8.01. The number of aromatic nitrogens is 1. The Kier molecular flexibility index (Phi) is 2.56. The van der Waals surface area contributed by atoms with Crippen LogP contribution in [0.25, 0.3) is 10.2 Å². The molecule has 1 aromatic heterocycles. The molecule has 0 bridgehead atoms. The molecule has 1 fully saturated rings. The summed E-state index contributed by atoms with van der Waals surface area (Å²) in [4.78, 5) is 15.7. The van der Waals surface area contributed by atoms with Gasteiger partial charge in [0, 0.05) is 6.04 Å². The van der Waals surface area contributed by atoms with E-state index in [9.17, 15) is 4.79 Å². The Labute approximate surface area is 102 Å². The highest BCUT2D eigenvalue weighted by Crippen LogP contribution is 2.24. The van der Waals surface area contributed by atoms with Crippen molar-refractivity contribution in [1.29, 1.82) is 0 Å². The third kappa shape index (κ3) is 2.47. The standard InChI is InChI=1S/C11H12N4OS/c16-10(12-7-5-6-7)14-15-11-13-8-3-1-2-4-9(8)17-11/h1-4,7H,5-6H2,(H,13,15)(H2,12,14,16). The Morgan fingerprint density at radius 3 is 2.94 bits per heavy atom. The SMILES string of the molecule is O=C(NNc1nc2ccccc2s1)NC1CC1. The minimum atomic E-state index is -0.202. The molecule has 1 heterocycles. The van der Waals surface area contributed by atoms with E-state index < -0.39 is 0 Å². The van der Waals surface area contributed by atoms with Gasteiger partial charge in [-0.2, -0.15) is 0 Å². The highest BCUT2D eigenvalue weighted by atomic mass is 32.1. The zero-order valence-corrected chi connectivity index (χ0v) is 9.88. The maximum atomic E-state index is 11.4. The number of benzene rings is 1. The predicted molar refractivity (Wildman–Crippen MR) is 67.9 cm³/mol. The van der Waals surface area contributed by atoms with Crippen molar-refractivity contribution in [2.45, 2.75) is 18.9 Å². The molecule has 1 aliphatic carbocycles. The molecule has 2 amide bonds. The topological polar surface area (TPSA) is 66.0 Å². The normalized spacial score (nSPS) is 14.6. The van der Waals surface area contributed by atoms with E-state index in [2.05, 4.69) is 21.2 Å². The van der Waals surface area contributed by atoms with E-state index in [4.69, 9.17) is 0 Å². The van der Waals surface area contributed by atoms with Crippen molar-refractivity contribution < 1.29 is 4.79 Å². The first kappa shape index (κ1) is 10.3. The van der Waals surface area contributed by atoms with Crippen LogP contribution in [0.5, 0.6) is 0 Å². The van der Waals surface area contributed by atoms with Gasteiger partial charge in [-0.15, -0.1) is 0 Å². The average Bonchev–Trinajstić information content (AvgIpc) is 3.03. The van der Waals surface area contributed by atoms with E-state index in [0.29, 0.717) is 11.2 Å². The van der Waals surface area contributed by atoms with Gasteiger partial charge < -0.3 is 5.32 Å². The van der Waals surface area contributed by atoms with Crippen LogP contribution in [0.3, 0.4) is 0 Å². The summed E-state index contributed by atoms with van der Waals surface area (Å²) in [7, 11) is 0. The Balaban J connectivity index is 1.61. The fourth-order valence-corrected chi connectivity index (χ4v) is 2.30. The largest absolute Gasteiger partial charge is 0.334 e. The molecule has 0 unspecified atom stereocenters. The van der Waals surface area contributed by atoms with E-state index in [1.165, 1.54) is 11.3 Å². The van der Waals surface area contributed by atoms with Crippen LogP contribution in [0, 0.1) is 0 Å². The van der Waals surface area contributed by atoms with Gasteiger partial charge in [-0.05, 0) is 25.0 Å². The van der Waals surface area contributed by atoms with Crippen LogP contribution >= 0.6 is 11.3 Å². The van der Waals surface area contributed by atoms with Crippen molar-refractivity contribution in [3.63, 3.8) is 0 Å². The summed E-state index contributed by atoms with van der Waals surface area (Å²) in [5.74, 6) is 0. The number of anilines is 1. The van der Waals surface area contributed by atoms with E-state index in [-0.39, 0.29) is 6.03 Å². The van der Waals surface area contributed by atoms with Gasteiger partial charge >= 0.3 is 6.03 Å². The van der Waals surface area contributed by atoms with E-state index >= 15 is 0 Å². The smallest absolute Gasteiger partial charge is 0.333 e. The number of nitrogens with one attached hydrogen (secondary N) is 3. The molecule has 1 saturated carbocycles. The molecule has 0 atom stereocenters. The maximum absolute atomic E-state index is 11.4. The molecule has 3 N–H and O–H groups in total. The number of urea groups is 1. The lowest BCUT2D eigenvalue weighted by atomic mass is 10.3. The number of hydrazine groups is 1. The molecule has 88 valence electrons. The van der Waals surface area contributed by atoms with Crippen LogP contribution in [0.4, 0.5) is 9.93 Å². The van der Waals surface area contributed by atoms with Crippen LogP contribution in [-0.4, -0.2) is 17.1 Å². The zero-order chi connectivity index (χ0) is 11.7. The molecule has 0 aliphatic heterocycles. The van der Waals surface area contributed by atoms with Crippen molar-refractivity contribution >= 4 is 32.7 Å². The maximum Gasteiger partial charge on any atom is 0.333 e. The number of hydrogen-bond donors (Lipinski definition) is 3. The third-order valence-corrected chi connectivity index (χ3v) is 3.44. The van der Waals surface area contributed by atoms with E-state index in [1.54, 1.807) is 0 Å². The van der Waals surface area contributed by atoms with Crippen LogP contribution < -0.4 is 16.2 Å². The van der Waals surface area contributed by atoms with Crippen molar-refractivity contribution in [3.8, 4) is 0 Å². The quantitative estimate of drug-likeness (QED) is 0.729. The number of nitrogens with zero attached hydrogens (tertiary/aromatic N) is 1. The van der Waals surface area contributed by atoms with Crippen LogP contribution in [0.1, 0.15) is 12.8 Å². The summed E-state index contributed by atoms with van der Waals surface area (Å²) in [5, 5.41) is 3.51. The van der Waals surface area contributed by atoms with Gasteiger partial charge in [-0.25, -0.2) is 15.2 Å². The second-order valence-corrected chi connectivity index (χ2v) is 5.02. The van der Waals surface area contributed by atoms with Gasteiger partial charge in [0.25, 0.3) is 0 Å². The molecular formula is C11H12N4OS. The number of hydrogen-bond acceptors (Lipinski definition) is 4. The first-order chi connectivity index (χ1) is 8.31. The minimum absolute atomic E-state index is 0.202. The lowest BCUT2D eigenvalue weighted by Gasteiger charge is -2.05. The van der Waals surface area contributed by atoms with Crippen molar-refractivity contribution in [1.82, 2.24) is 15.7 Å². The summed E-state index contributed by atoms with van der Waals surface area (Å²) in [6.07, 6.45) is 2.16. The van der Waals surface area contributed by atoms with Gasteiger partial charge in [0.1, 0.15) is 0 Å². The summed E-state index contributed by atoms with van der Waals surface area (Å²) >= 11 is 1.51. The van der Waals surface area contributed by atoms with Gasteiger partial charge in [-0.1, -0.05) is 23.5 Å². The van der Waals surface area contributed by atoms with Gasteiger partial charge in [0.05, 0.1) is 10.2 Å². The Morgan fingerprint density at radius 1 is 1.35 bits per heavy atom. The molecule has 0 radical (unpaired) electrons. The fourth-order valence-electron chi connectivity index (χ4n) is 1.49. The molecule has 5 nitrogen and oxygen atoms in total. The number of para-hydroxylation sites is 1. The summed E-state index contributed by atoms with van der Waals surface area (Å²) in [5.41, 5.74) is 6.33. The van der Waals surface area contributed by atoms with E-state index in [0.717, 1.165) is 23.1 Å². The number of rotatable bonds is 3. The monoisotopic (exact) mass is 248 g/mol. The highest BCUT2D eigenvalue weighted by molar-refractivity contribution is 7.22. The lowest BCUT2D eigenvalue weighted by Crippen LogP contribution is -2.39. The molecule has 1 aliphatic rings. The van der Waals surface area contributed by atoms with Crippen LogP contribution in [0.15, 0.2) is 24.3 Å². The zero-order valence-electron chi connectivity index (χ0n) is 9.06. The predicted octanol–water partition coefficient (Wildman–Crippen LogP) is 2.08. The van der Waals surface area contributed by atoms with Crippen molar-refractivity contribution in [3.05, 3.63) is 24.3 Å². The van der Waals surface area contributed by atoms with Gasteiger partial charge in [0.15, 0.2) is 0 Å². The minimum Gasteiger partial charge on any atom is -0.334 e. The Hall–Kier alpha value is -1.82. The second kappa shape index (κ2) is 4.21. The highest BCUT2D eigenvalue weighted by Gasteiger charge is 2.23. The van der Waals surface area contributed by atoms with Crippen molar-refractivity contribution in [2.24, 2.45) is 0 Å². The first-order valence-corrected chi connectivity index (χ1v) is 6.31. The molecule has 2 aromatic rings. The van der Waals surface area contributed by atoms with Crippen molar-refractivity contribution in [2.75, 3.05) is 5.43 Å². The van der Waals surface area contributed by atoms with Crippen LogP contribution in [-0.2, 0) is 0 Å². The van der Waals surface area contributed by atoms with E-state index in [1.807, 2.05) is 24.3 Å². The number of fused-ring (bicyclic) bond motifs is 1. The number of carbonyl (C=O) groups is 1. The third-order valence-electron chi connectivity index (χ3n) is 2.49. The molecule has 6 heteroatoms. The number of thiazole rings is 1. The number of carbonyl (C=O) groups excluding carboxylic acids is 1. The summed E-state index contributed by atoms with van der Waals surface area (Å²) < 4.78 is 1.10. The molecule has 1 aromatic carbocycles. The first-order valence-electron chi connectivity index (χ1n) is 5.49. The molecule has 17 heavy (non-hydrogen) atoms. The average molecular weight is 248 g/mol.